The van der Waals surface area contributed by atoms with Crippen LogP contribution in [0.3, 0.4) is 0 Å². The van der Waals surface area contributed by atoms with Gasteiger partial charge in [-0.25, -0.2) is 0 Å². The summed E-state index contributed by atoms with van der Waals surface area (Å²) in [5, 5.41) is 0. The SMILES string of the molecule is C1=C[N+]=C(c2ccccc2)C=C1. The lowest BCUT2D eigenvalue weighted by atomic mass is 10.1. The summed E-state index contributed by atoms with van der Waals surface area (Å²) in [7, 11) is 0. The van der Waals surface area contributed by atoms with Crippen LogP contribution in [0.25, 0.3) is 0 Å². The first kappa shape index (κ1) is 7.04. The lowest BCUT2D eigenvalue weighted by molar-refractivity contribution is 1.36. The lowest BCUT2D eigenvalue weighted by Crippen LogP contribution is -2.04. The van der Waals surface area contributed by atoms with Gasteiger partial charge >= 0.3 is 0 Å². The molecule has 1 aliphatic rings. The molecule has 1 radical (unpaired) electrons. The van der Waals surface area contributed by atoms with E-state index in [-0.39, 0.29) is 0 Å². The third-order valence-corrected chi connectivity index (χ3v) is 1.73. The van der Waals surface area contributed by atoms with Crippen LogP contribution in [-0.4, -0.2) is 5.71 Å². The van der Waals surface area contributed by atoms with E-state index in [4.69, 9.17) is 0 Å². The molecule has 1 heteroatoms. The summed E-state index contributed by atoms with van der Waals surface area (Å²) in [5.41, 5.74) is 2.19. The molecular formula is C11H9N+. The number of hydrogen-bond acceptors (Lipinski definition) is 1. The summed E-state index contributed by atoms with van der Waals surface area (Å²) in [4.78, 5) is 4.25. The molecule has 0 fully saturated rings. The van der Waals surface area contributed by atoms with Crippen molar-refractivity contribution in [2.24, 2.45) is 0 Å². The van der Waals surface area contributed by atoms with Crippen molar-refractivity contribution in [2.75, 3.05) is 0 Å². The van der Waals surface area contributed by atoms with E-state index in [1.54, 1.807) is 0 Å². The molecular weight excluding hydrogens is 146 g/mol. The molecule has 0 atom stereocenters. The quantitative estimate of drug-likeness (QED) is 0.588. The fraction of sp³-hybridized carbons (Fsp3) is 0. The zero-order valence-corrected chi connectivity index (χ0v) is 6.64. The molecule has 1 nitrogen and oxygen atoms in total. The van der Waals surface area contributed by atoms with Gasteiger partial charge < -0.3 is 0 Å². The average molecular weight is 155 g/mol. The number of nitrogens with zero attached hydrogens (tertiary/aromatic N) is 1. The Kier molecular flexibility index (Phi) is 1.87. The largest absolute Gasteiger partial charge is 0.284 e. The minimum Gasteiger partial charge on any atom is -0.0622 e. The van der Waals surface area contributed by atoms with Crippen LogP contribution in [0.2, 0.25) is 0 Å². The molecule has 0 saturated carbocycles. The number of hydrogen-bond donors (Lipinski definition) is 0. The van der Waals surface area contributed by atoms with Gasteiger partial charge in [0, 0.05) is 12.2 Å². The predicted octanol–water partition coefficient (Wildman–Crippen LogP) is 1.89. The minimum atomic E-state index is 1.03. The topological polar surface area (TPSA) is 14.1 Å². The molecule has 1 aromatic rings. The van der Waals surface area contributed by atoms with Crippen LogP contribution in [-0.2, 0) is 0 Å². The summed E-state index contributed by atoms with van der Waals surface area (Å²) < 4.78 is 0. The standard InChI is InChI=1S/C11H9N/c1-2-6-10(7-3-1)11-8-4-5-9-12-11/h1-9H/q+1. The van der Waals surface area contributed by atoms with E-state index in [0.717, 1.165) is 11.3 Å². The first-order chi connectivity index (χ1) is 5.97. The summed E-state index contributed by atoms with van der Waals surface area (Å²) in [6.45, 7) is 0. The highest BCUT2D eigenvalue weighted by Crippen LogP contribution is 2.01. The van der Waals surface area contributed by atoms with Crippen LogP contribution in [0, 0.1) is 0 Å². The van der Waals surface area contributed by atoms with Crippen molar-refractivity contribution in [3.63, 3.8) is 0 Å². The van der Waals surface area contributed by atoms with Crippen LogP contribution < -0.4 is 4.99 Å². The van der Waals surface area contributed by atoms with E-state index >= 15 is 0 Å². The second kappa shape index (κ2) is 3.18. The number of rotatable bonds is 1. The van der Waals surface area contributed by atoms with Gasteiger partial charge in [0.25, 0.3) is 5.71 Å². The molecule has 2 rings (SSSR count). The zero-order chi connectivity index (χ0) is 8.23. The Morgan fingerprint density at radius 1 is 0.917 bits per heavy atom. The third-order valence-electron chi connectivity index (χ3n) is 1.73. The van der Waals surface area contributed by atoms with Crippen molar-refractivity contribution >= 4 is 5.71 Å². The smallest absolute Gasteiger partial charge is 0.0622 e. The van der Waals surface area contributed by atoms with E-state index in [1.807, 2.05) is 42.6 Å². The van der Waals surface area contributed by atoms with Crippen LogP contribution in [0.1, 0.15) is 5.56 Å². The summed E-state index contributed by atoms with van der Waals surface area (Å²) >= 11 is 0. The van der Waals surface area contributed by atoms with Gasteiger partial charge in [0.1, 0.15) is 0 Å². The molecule has 0 spiro atoms. The molecule has 0 aromatic heterocycles. The van der Waals surface area contributed by atoms with Crippen molar-refractivity contribution in [1.82, 2.24) is 4.99 Å². The molecule has 12 heavy (non-hydrogen) atoms. The van der Waals surface area contributed by atoms with Gasteiger partial charge in [0.2, 0.25) is 6.20 Å². The molecule has 0 unspecified atom stereocenters. The van der Waals surface area contributed by atoms with E-state index in [9.17, 15) is 0 Å². The van der Waals surface area contributed by atoms with E-state index in [2.05, 4.69) is 17.1 Å². The lowest BCUT2D eigenvalue weighted by Gasteiger charge is -1.91. The maximum Gasteiger partial charge on any atom is 0.284 e. The Balaban J connectivity index is 2.38. The molecule has 0 bridgehead atoms. The Labute approximate surface area is 71.8 Å². The fourth-order valence-corrected chi connectivity index (χ4v) is 1.14. The van der Waals surface area contributed by atoms with Crippen LogP contribution >= 0.6 is 0 Å². The highest BCUT2D eigenvalue weighted by Gasteiger charge is 2.09. The van der Waals surface area contributed by atoms with E-state index in [0.29, 0.717) is 0 Å². The summed E-state index contributed by atoms with van der Waals surface area (Å²) in [6.07, 6.45) is 7.74. The number of aliphatic imine (C=N–C) groups is 1. The molecule has 0 amide bonds. The highest BCUT2D eigenvalue weighted by atomic mass is 14.7. The average Bonchev–Trinajstić information content (AvgIpc) is 2.21. The molecule has 0 saturated heterocycles. The van der Waals surface area contributed by atoms with Gasteiger partial charge in [-0.05, 0) is 18.2 Å². The van der Waals surface area contributed by atoms with Gasteiger partial charge in [-0.1, -0.05) is 18.2 Å². The van der Waals surface area contributed by atoms with Gasteiger partial charge in [0.05, 0.1) is 10.6 Å². The van der Waals surface area contributed by atoms with Crippen LogP contribution in [0.4, 0.5) is 0 Å². The maximum atomic E-state index is 4.25. The van der Waals surface area contributed by atoms with Gasteiger partial charge in [-0.3, -0.25) is 0 Å². The maximum absolute atomic E-state index is 4.25. The second-order valence-electron chi connectivity index (χ2n) is 2.58. The molecule has 57 valence electrons. The van der Waals surface area contributed by atoms with Crippen LogP contribution in [0.5, 0.6) is 0 Å². The minimum absolute atomic E-state index is 1.03. The Morgan fingerprint density at radius 2 is 1.75 bits per heavy atom. The zero-order valence-electron chi connectivity index (χ0n) is 6.64. The van der Waals surface area contributed by atoms with Crippen molar-refractivity contribution in [1.29, 1.82) is 0 Å². The van der Waals surface area contributed by atoms with E-state index < -0.39 is 0 Å². The van der Waals surface area contributed by atoms with Crippen molar-refractivity contribution < 1.29 is 0 Å². The van der Waals surface area contributed by atoms with E-state index in [1.165, 1.54) is 0 Å². The summed E-state index contributed by atoms with van der Waals surface area (Å²) in [5.74, 6) is 0. The van der Waals surface area contributed by atoms with Crippen LogP contribution in [0.15, 0.2) is 54.8 Å². The van der Waals surface area contributed by atoms with Gasteiger partial charge in [-0.15, -0.1) is 0 Å². The Bertz CT molecular complexity index is 345. The highest BCUT2D eigenvalue weighted by molar-refractivity contribution is 6.08. The van der Waals surface area contributed by atoms with Gasteiger partial charge in [0.15, 0.2) is 0 Å². The predicted molar refractivity (Wildman–Crippen MR) is 51.0 cm³/mol. The monoisotopic (exact) mass is 155 g/mol. The third kappa shape index (κ3) is 1.35. The Morgan fingerprint density at radius 3 is 2.42 bits per heavy atom. The Hall–Kier alpha value is -1.63. The molecule has 0 N–H and O–H groups in total. The van der Waals surface area contributed by atoms with Gasteiger partial charge in [-0.2, -0.15) is 0 Å². The molecule has 1 heterocycles. The molecule has 1 aromatic carbocycles. The first-order valence-electron chi connectivity index (χ1n) is 3.93. The second-order valence-corrected chi connectivity index (χ2v) is 2.58. The number of allylic oxidation sites excluding steroid dienone is 3. The normalized spacial score (nSPS) is 14.5. The molecule has 0 aliphatic carbocycles. The fourth-order valence-electron chi connectivity index (χ4n) is 1.14. The van der Waals surface area contributed by atoms with Crippen molar-refractivity contribution in [2.45, 2.75) is 0 Å². The summed E-state index contributed by atoms with van der Waals surface area (Å²) in [6, 6.07) is 10.2. The van der Waals surface area contributed by atoms with Crippen molar-refractivity contribution in [3.05, 3.63) is 60.3 Å². The van der Waals surface area contributed by atoms with Crippen molar-refractivity contribution in [3.8, 4) is 0 Å². The molecule has 1 aliphatic heterocycles. The number of benzene rings is 1. The first-order valence-corrected chi connectivity index (χ1v) is 3.93.